The van der Waals surface area contributed by atoms with Gasteiger partial charge < -0.3 is 15.6 Å². The van der Waals surface area contributed by atoms with Crippen LogP contribution in [-0.2, 0) is 0 Å². The predicted octanol–water partition coefficient (Wildman–Crippen LogP) is 3.58. The molecule has 134 valence electrons. The molecule has 0 saturated carbocycles. The maximum atomic E-state index is 11.1. The molecule has 4 aromatic rings. The van der Waals surface area contributed by atoms with Crippen molar-refractivity contribution < 1.29 is 14.6 Å². The molecule has 0 bridgehead atoms. The molecule has 2 heterocycles. The van der Waals surface area contributed by atoms with Gasteiger partial charge in [0.1, 0.15) is 5.75 Å². The number of aromatic nitrogens is 3. The maximum absolute atomic E-state index is 11.1. The van der Waals surface area contributed by atoms with Gasteiger partial charge in [0, 0.05) is 11.1 Å². The minimum absolute atomic E-state index is 0.223. The number of carbonyl (C=O) groups is 1. The van der Waals surface area contributed by atoms with Gasteiger partial charge >= 0.3 is 5.97 Å². The van der Waals surface area contributed by atoms with Gasteiger partial charge in [0.2, 0.25) is 0 Å². The molecule has 0 saturated heterocycles. The van der Waals surface area contributed by atoms with Gasteiger partial charge in [0.25, 0.3) is 0 Å². The van der Waals surface area contributed by atoms with Crippen molar-refractivity contribution in [3.8, 4) is 28.3 Å². The fourth-order valence-corrected chi connectivity index (χ4v) is 2.96. The minimum atomic E-state index is -0.967. The summed E-state index contributed by atoms with van der Waals surface area (Å²) in [5.74, 6) is 0.150. The normalized spacial score (nSPS) is 10.9. The van der Waals surface area contributed by atoms with E-state index in [0.717, 1.165) is 27.8 Å². The second-order valence-electron chi connectivity index (χ2n) is 6.00. The van der Waals surface area contributed by atoms with Crippen molar-refractivity contribution in [2.45, 2.75) is 0 Å². The Kier molecular flexibility index (Phi) is 3.97. The number of carboxylic acid groups (broad SMARTS) is 1. The molecule has 0 aliphatic rings. The lowest BCUT2D eigenvalue weighted by atomic mass is 10.0. The van der Waals surface area contributed by atoms with Crippen molar-refractivity contribution in [3.05, 3.63) is 60.2 Å². The summed E-state index contributed by atoms with van der Waals surface area (Å²) >= 11 is 0. The van der Waals surface area contributed by atoms with Crippen molar-refractivity contribution >= 4 is 22.7 Å². The summed E-state index contributed by atoms with van der Waals surface area (Å²) in [6, 6.07) is 15.9. The number of nitrogens with one attached hydrogen (secondary N) is 1. The number of pyridine rings is 1. The average Bonchev–Trinajstić information content (AvgIpc) is 3.08. The van der Waals surface area contributed by atoms with Crippen LogP contribution in [0.1, 0.15) is 10.4 Å². The molecule has 27 heavy (non-hydrogen) atoms. The van der Waals surface area contributed by atoms with Crippen molar-refractivity contribution in [2.24, 2.45) is 0 Å². The number of fused-ring (bicyclic) bond motifs is 1. The van der Waals surface area contributed by atoms with Gasteiger partial charge in [-0.2, -0.15) is 5.10 Å². The number of aromatic carboxylic acids is 1. The van der Waals surface area contributed by atoms with Crippen LogP contribution in [0.2, 0.25) is 0 Å². The van der Waals surface area contributed by atoms with E-state index in [9.17, 15) is 4.79 Å². The molecule has 4 N–H and O–H groups in total. The number of hydrogen-bond acceptors (Lipinski definition) is 5. The van der Waals surface area contributed by atoms with E-state index in [1.54, 1.807) is 31.4 Å². The average molecular weight is 360 g/mol. The number of nitrogens with two attached hydrogens (primary N) is 1. The lowest BCUT2D eigenvalue weighted by Crippen LogP contribution is -1.96. The van der Waals surface area contributed by atoms with Crippen LogP contribution in [0.5, 0.6) is 5.75 Å². The first-order valence-electron chi connectivity index (χ1n) is 8.19. The van der Waals surface area contributed by atoms with Crippen LogP contribution in [0.15, 0.2) is 54.6 Å². The Labute approximate surface area is 154 Å². The Hall–Kier alpha value is -3.87. The Morgan fingerprint density at radius 1 is 1.07 bits per heavy atom. The van der Waals surface area contributed by atoms with Crippen LogP contribution >= 0.6 is 0 Å². The van der Waals surface area contributed by atoms with E-state index in [1.807, 2.05) is 30.3 Å². The molecule has 0 aliphatic carbocycles. The van der Waals surface area contributed by atoms with E-state index in [1.165, 1.54) is 0 Å². The Balaban J connectivity index is 1.89. The van der Waals surface area contributed by atoms with E-state index in [-0.39, 0.29) is 5.56 Å². The molecule has 7 nitrogen and oxygen atoms in total. The largest absolute Gasteiger partial charge is 0.497 e. The summed E-state index contributed by atoms with van der Waals surface area (Å²) in [6.45, 7) is 0. The third-order valence-corrected chi connectivity index (χ3v) is 4.36. The molecule has 0 spiro atoms. The monoisotopic (exact) mass is 360 g/mol. The molecular weight excluding hydrogens is 344 g/mol. The molecule has 0 aliphatic heterocycles. The van der Waals surface area contributed by atoms with Crippen LogP contribution in [0.3, 0.4) is 0 Å². The van der Waals surface area contributed by atoms with E-state index < -0.39 is 5.97 Å². The van der Waals surface area contributed by atoms with Gasteiger partial charge in [-0.05, 0) is 42.5 Å². The number of nitrogens with zero attached hydrogens (tertiary/aromatic N) is 2. The summed E-state index contributed by atoms with van der Waals surface area (Å²) in [7, 11) is 1.61. The number of hydrogen-bond donors (Lipinski definition) is 3. The zero-order valence-corrected chi connectivity index (χ0v) is 14.4. The summed E-state index contributed by atoms with van der Waals surface area (Å²) in [5.41, 5.74) is 10.1. The molecule has 2 aromatic heterocycles. The highest BCUT2D eigenvalue weighted by Crippen LogP contribution is 2.33. The Morgan fingerprint density at radius 2 is 1.74 bits per heavy atom. The maximum Gasteiger partial charge on any atom is 0.335 e. The first-order chi connectivity index (χ1) is 13.1. The third-order valence-electron chi connectivity index (χ3n) is 4.36. The highest BCUT2D eigenvalue weighted by atomic mass is 16.5. The minimum Gasteiger partial charge on any atom is -0.497 e. The van der Waals surface area contributed by atoms with Crippen LogP contribution < -0.4 is 10.5 Å². The number of nitrogen functional groups attached to an aromatic ring is 1. The predicted molar refractivity (Wildman–Crippen MR) is 103 cm³/mol. The SMILES string of the molecule is COc1ccc(-c2nc(-c3ccc(C(=O)O)cc3)cc3[nH]nc(N)c23)cc1. The van der Waals surface area contributed by atoms with Crippen LogP contribution in [-0.4, -0.2) is 33.4 Å². The summed E-state index contributed by atoms with van der Waals surface area (Å²) in [4.78, 5) is 15.8. The number of aromatic amines is 1. The van der Waals surface area contributed by atoms with Gasteiger partial charge in [0.15, 0.2) is 5.82 Å². The molecule has 0 atom stereocenters. The quantitative estimate of drug-likeness (QED) is 0.512. The summed E-state index contributed by atoms with van der Waals surface area (Å²) in [5, 5.41) is 16.8. The van der Waals surface area contributed by atoms with Gasteiger partial charge in [-0.15, -0.1) is 0 Å². The first-order valence-corrected chi connectivity index (χ1v) is 8.19. The van der Waals surface area contributed by atoms with Crippen LogP contribution in [0, 0.1) is 0 Å². The van der Waals surface area contributed by atoms with Crippen molar-refractivity contribution in [1.82, 2.24) is 15.2 Å². The second kappa shape index (κ2) is 6.45. The highest BCUT2D eigenvalue weighted by molar-refractivity contribution is 6.01. The zero-order chi connectivity index (χ0) is 19.0. The molecule has 7 heteroatoms. The van der Waals surface area contributed by atoms with Crippen molar-refractivity contribution in [3.63, 3.8) is 0 Å². The van der Waals surface area contributed by atoms with Crippen molar-refractivity contribution in [1.29, 1.82) is 0 Å². The number of carboxylic acids is 1. The number of rotatable bonds is 4. The molecule has 0 unspecified atom stereocenters. The topological polar surface area (TPSA) is 114 Å². The smallest absolute Gasteiger partial charge is 0.335 e. The second-order valence-corrected chi connectivity index (χ2v) is 6.00. The summed E-state index contributed by atoms with van der Waals surface area (Å²) < 4.78 is 5.21. The molecular formula is C20H16N4O3. The molecule has 0 fully saturated rings. The molecule has 0 radical (unpaired) electrons. The van der Waals surface area contributed by atoms with Gasteiger partial charge in [-0.3, -0.25) is 5.10 Å². The zero-order valence-electron chi connectivity index (χ0n) is 14.4. The standard InChI is InChI=1S/C20H16N4O3/c1-27-14-8-6-12(7-9-14)18-17-16(23-24-19(17)21)10-15(22-18)11-2-4-13(5-3-11)20(25)26/h2-10H,1H3,(H,25,26)(H3,21,23,24). The summed E-state index contributed by atoms with van der Waals surface area (Å²) in [6.07, 6.45) is 0. The lowest BCUT2D eigenvalue weighted by Gasteiger charge is -2.09. The first kappa shape index (κ1) is 16.6. The Bertz CT molecular complexity index is 1130. The fourth-order valence-electron chi connectivity index (χ4n) is 2.96. The third kappa shape index (κ3) is 2.95. The van der Waals surface area contributed by atoms with E-state index >= 15 is 0 Å². The van der Waals surface area contributed by atoms with Gasteiger partial charge in [-0.1, -0.05) is 12.1 Å². The highest BCUT2D eigenvalue weighted by Gasteiger charge is 2.15. The molecule has 2 aromatic carbocycles. The van der Waals surface area contributed by atoms with E-state index in [2.05, 4.69) is 10.2 Å². The number of H-pyrrole nitrogens is 1. The fraction of sp³-hybridized carbons (Fsp3) is 0.0500. The molecule has 4 rings (SSSR count). The Morgan fingerprint density at radius 3 is 2.37 bits per heavy atom. The number of benzene rings is 2. The number of ether oxygens (including phenoxy) is 1. The van der Waals surface area contributed by atoms with Crippen molar-refractivity contribution in [2.75, 3.05) is 12.8 Å². The van der Waals surface area contributed by atoms with Crippen LogP contribution in [0.25, 0.3) is 33.4 Å². The van der Waals surface area contributed by atoms with Crippen LogP contribution in [0.4, 0.5) is 5.82 Å². The number of methoxy groups -OCH3 is 1. The lowest BCUT2D eigenvalue weighted by molar-refractivity contribution is 0.0697. The van der Waals surface area contributed by atoms with E-state index in [0.29, 0.717) is 17.2 Å². The van der Waals surface area contributed by atoms with E-state index in [4.69, 9.17) is 20.6 Å². The van der Waals surface area contributed by atoms with Gasteiger partial charge in [0.05, 0.1) is 35.0 Å². The van der Waals surface area contributed by atoms with Gasteiger partial charge in [-0.25, -0.2) is 9.78 Å². The number of anilines is 1. The molecule has 0 amide bonds.